The molecule has 1 fully saturated rings. The summed E-state index contributed by atoms with van der Waals surface area (Å²) < 4.78 is 11.0. The summed E-state index contributed by atoms with van der Waals surface area (Å²) >= 11 is 0. The molecule has 4 nitrogen and oxygen atoms in total. The van der Waals surface area contributed by atoms with Crippen LogP contribution in [-0.2, 0) is 24.7 Å². The summed E-state index contributed by atoms with van der Waals surface area (Å²) in [6.07, 6.45) is 3.82. The molecule has 1 unspecified atom stereocenters. The molecule has 1 aliphatic carbocycles. The standard InChI is InChI=1S/C20H26O4/c1-14(2)18(21)23-16(4)19(22)24-20(11-6-5-7-12-20)17-10-8-9-15(3)13-17/h8-10,13,16H,1,5-7,11-12H2,2-4H3. The van der Waals surface area contributed by atoms with Gasteiger partial charge in [-0.05, 0) is 52.0 Å². The zero-order valence-electron chi connectivity index (χ0n) is 14.8. The third-order valence-electron chi connectivity index (χ3n) is 4.47. The summed E-state index contributed by atoms with van der Waals surface area (Å²) in [7, 11) is 0. The molecule has 130 valence electrons. The number of esters is 2. The quantitative estimate of drug-likeness (QED) is 0.599. The van der Waals surface area contributed by atoms with E-state index in [-0.39, 0.29) is 5.57 Å². The van der Waals surface area contributed by atoms with Crippen molar-refractivity contribution in [3.05, 3.63) is 47.5 Å². The topological polar surface area (TPSA) is 52.6 Å². The van der Waals surface area contributed by atoms with Crippen molar-refractivity contribution in [3.8, 4) is 0 Å². The maximum absolute atomic E-state index is 12.5. The van der Waals surface area contributed by atoms with Gasteiger partial charge in [0.2, 0.25) is 0 Å². The molecule has 0 saturated heterocycles. The van der Waals surface area contributed by atoms with Gasteiger partial charge in [0.15, 0.2) is 6.10 Å². The highest BCUT2D eigenvalue weighted by Gasteiger charge is 2.39. The van der Waals surface area contributed by atoms with Crippen molar-refractivity contribution in [2.45, 2.75) is 64.6 Å². The second kappa shape index (κ2) is 7.65. The average molecular weight is 330 g/mol. The molecule has 0 aliphatic heterocycles. The number of hydrogen-bond donors (Lipinski definition) is 0. The highest BCUT2D eigenvalue weighted by molar-refractivity contribution is 5.89. The lowest BCUT2D eigenvalue weighted by Crippen LogP contribution is -2.39. The minimum atomic E-state index is -0.946. The summed E-state index contributed by atoms with van der Waals surface area (Å²) in [5.74, 6) is -1.08. The number of carbonyl (C=O) groups excluding carboxylic acids is 2. The lowest BCUT2D eigenvalue weighted by Gasteiger charge is -2.38. The fourth-order valence-electron chi connectivity index (χ4n) is 3.09. The Morgan fingerprint density at radius 3 is 2.46 bits per heavy atom. The second-order valence-electron chi connectivity index (χ2n) is 6.67. The molecule has 1 atom stereocenters. The van der Waals surface area contributed by atoms with Crippen molar-refractivity contribution in [1.82, 2.24) is 0 Å². The Kier molecular flexibility index (Phi) is 5.81. The van der Waals surface area contributed by atoms with E-state index in [2.05, 4.69) is 12.6 Å². The van der Waals surface area contributed by atoms with Crippen molar-refractivity contribution in [2.75, 3.05) is 0 Å². The van der Waals surface area contributed by atoms with Crippen LogP contribution in [0.2, 0.25) is 0 Å². The Hall–Kier alpha value is -2.10. The van der Waals surface area contributed by atoms with Crippen molar-refractivity contribution in [2.24, 2.45) is 0 Å². The highest BCUT2D eigenvalue weighted by Crippen LogP contribution is 2.41. The van der Waals surface area contributed by atoms with Crippen LogP contribution in [0.25, 0.3) is 0 Å². The smallest absolute Gasteiger partial charge is 0.348 e. The highest BCUT2D eigenvalue weighted by atomic mass is 16.6. The van der Waals surface area contributed by atoms with Crippen LogP contribution >= 0.6 is 0 Å². The first-order chi connectivity index (χ1) is 11.3. The van der Waals surface area contributed by atoms with Crippen LogP contribution in [-0.4, -0.2) is 18.0 Å². The first-order valence-electron chi connectivity index (χ1n) is 8.50. The normalized spacial score (nSPS) is 17.6. The summed E-state index contributed by atoms with van der Waals surface area (Å²) in [5, 5.41) is 0. The summed E-state index contributed by atoms with van der Waals surface area (Å²) in [5.41, 5.74) is 1.80. The largest absolute Gasteiger partial charge is 0.451 e. The molecule has 2 rings (SSSR count). The average Bonchev–Trinajstić information content (AvgIpc) is 2.55. The SMILES string of the molecule is C=C(C)C(=O)OC(C)C(=O)OC1(c2cccc(C)c2)CCCCC1. The van der Waals surface area contributed by atoms with Gasteiger partial charge in [-0.15, -0.1) is 0 Å². The van der Waals surface area contributed by atoms with Gasteiger partial charge in [0.25, 0.3) is 0 Å². The van der Waals surface area contributed by atoms with Gasteiger partial charge in [0, 0.05) is 5.57 Å². The van der Waals surface area contributed by atoms with E-state index in [0.29, 0.717) is 0 Å². The van der Waals surface area contributed by atoms with Crippen LogP contribution in [0.3, 0.4) is 0 Å². The monoisotopic (exact) mass is 330 g/mol. The first kappa shape index (κ1) is 18.2. The number of rotatable bonds is 5. The van der Waals surface area contributed by atoms with Gasteiger partial charge in [-0.2, -0.15) is 0 Å². The third-order valence-corrected chi connectivity index (χ3v) is 4.47. The van der Waals surface area contributed by atoms with Gasteiger partial charge in [0.05, 0.1) is 0 Å². The number of hydrogen-bond acceptors (Lipinski definition) is 4. The minimum absolute atomic E-state index is 0.265. The Morgan fingerprint density at radius 2 is 1.88 bits per heavy atom. The molecule has 0 N–H and O–H groups in total. The summed E-state index contributed by atoms with van der Waals surface area (Å²) in [4.78, 5) is 24.1. The number of ether oxygens (including phenoxy) is 2. The van der Waals surface area contributed by atoms with Gasteiger partial charge in [-0.25, -0.2) is 9.59 Å². The van der Waals surface area contributed by atoms with E-state index in [1.54, 1.807) is 6.92 Å². The number of carbonyl (C=O) groups is 2. The predicted molar refractivity (Wildman–Crippen MR) is 92.4 cm³/mol. The number of benzene rings is 1. The molecule has 0 amide bonds. The molecule has 24 heavy (non-hydrogen) atoms. The van der Waals surface area contributed by atoms with Crippen molar-refractivity contribution in [1.29, 1.82) is 0 Å². The van der Waals surface area contributed by atoms with Gasteiger partial charge >= 0.3 is 11.9 Å². The van der Waals surface area contributed by atoms with Crippen LogP contribution in [0.15, 0.2) is 36.4 Å². The molecule has 1 saturated carbocycles. The molecule has 1 aliphatic rings. The van der Waals surface area contributed by atoms with Crippen LogP contribution < -0.4 is 0 Å². The maximum Gasteiger partial charge on any atom is 0.348 e. The molecule has 1 aromatic rings. The van der Waals surface area contributed by atoms with Crippen molar-refractivity contribution < 1.29 is 19.1 Å². The number of aryl methyl sites for hydroxylation is 1. The van der Waals surface area contributed by atoms with E-state index >= 15 is 0 Å². The molecule has 0 aromatic heterocycles. The molecule has 4 heteroatoms. The van der Waals surface area contributed by atoms with E-state index in [1.165, 1.54) is 6.92 Å². The lowest BCUT2D eigenvalue weighted by atomic mass is 9.79. The molecule has 0 heterocycles. The summed E-state index contributed by atoms with van der Waals surface area (Å²) in [6.45, 7) is 8.64. The Balaban J connectivity index is 2.18. The van der Waals surface area contributed by atoms with Gasteiger partial charge in [-0.1, -0.05) is 42.8 Å². The summed E-state index contributed by atoms with van der Waals surface area (Å²) in [6, 6.07) is 8.10. The van der Waals surface area contributed by atoms with Gasteiger partial charge < -0.3 is 9.47 Å². The Morgan fingerprint density at radius 1 is 1.21 bits per heavy atom. The minimum Gasteiger partial charge on any atom is -0.451 e. The van der Waals surface area contributed by atoms with E-state index in [9.17, 15) is 9.59 Å². The van der Waals surface area contributed by atoms with Crippen molar-refractivity contribution >= 4 is 11.9 Å². The van der Waals surface area contributed by atoms with E-state index < -0.39 is 23.6 Å². The maximum atomic E-state index is 12.5. The van der Waals surface area contributed by atoms with Gasteiger partial charge in [-0.3, -0.25) is 0 Å². The first-order valence-corrected chi connectivity index (χ1v) is 8.50. The Bertz CT molecular complexity index is 626. The fourth-order valence-corrected chi connectivity index (χ4v) is 3.09. The molecule has 0 radical (unpaired) electrons. The van der Waals surface area contributed by atoms with Gasteiger partial charge in [0.1, 0.15) is 5.60 Å². The molecule has 0 spiro atoms. The van der Waals surface area contributed by atoms with Crippen LogP contribution in [0, 0.1) is 6.92 Å². The van der Waals surface area contributed by atoms with Crippen LogP contribution in [0.1, 0.15) is 57.1 Å². The fraction of sp³-hybridized carbons (Fsp3) is 0.500. The zero-order valence-corrected chi connectivity index (χ0v) is 14.8. The molecular formula is C20H26O4. The molecular weight excluding hydrogens is 304 g/mol. The van der Waals surface area contributed by atoms with E-state index in [1.807, 2.05) is 25.1 Å². The zero-order chi connectivity index (χ0) is 17.7. The second-order valence-corrected chi connectivity index (χ2v) is 6.67. The third kappa shape index (κ3) is 4.25. The van der Waals surface area contributed by atoms with Crippen molar-refractivity contribution in [3.63, 3.8) is 0 Å². The van der Waals surface area contributed by atoms with E-state index in [0.717, 1.165) is 43.2 Å². The van der Waals surface area contributed by atoms with Crippen LogP contribution in [0.5, 0.6) is 0 Å². The van der Waals surface area contributed by atoms with Crippen LogP contribution in [0.4, 0.5) is 0 Å². The predicted octanol–water partition coefficient (Wildman–Crippen LogP) is 4.21. The molecule has 0 bridgehead atoms. The molecule has 1 aromatic carbocycles. The van der Waals surface area contributed by atoms with E-state index in [4.69, 9.17) is 9.47 Å². The Labute approximate surface area is 143 Å². The lowest BCUT2D eigenvalue weighted by molar-refractivity contribution is -0.180.